The maximum absolute atomic E-state index is 12.8. The number of rotatable bonds is 6. The first kappa shape index (κ1) is 21.1. The molecule has 1 aliphatic rings. The van der Waals surface area contributed by atoms with Gasteiger partial charge in [-0.15, -0.1) is 0 Å². The Morgan fingerprint density at radius 2 is 1.87 bits per heavy atom. The second-order valence-electron chi connectivity index (χ2n) is 7.69. The molecule has 3 aromatic rings. The van der Waals surface area contributed by atoms with Gasteiger partial charge in [0.25, 0.3) is 0 Å². The Morgan fingerprint density at radius 1 is 1.10 bits per heavy atom. The molecule has 0 unspecified atom stereocenters. The highest BCUT2D eigenvalue weighted by Gasteiger charge is 2.27. The first-order valence-corrected chi connectivity index (χ1v) is 11.8. The van der Waals surface area contributed by atoms with Gasteiger partial charge in [0.05, 0.1) is 0 Å². The van der Waals surface area contributed by atoms with Crippen LogP contribution in [0, 0.1) is 0 Å². The molecule has 0 spiro atoms. The van der Waals surface area contributed by atoms with E-state index < -0.39 is 10.0 Å². The van der Waals surface area contributed by atoms with E-state index in [-0.39, 0.29) is 4.90 Å². The lowest BCUT2D eigenvalue weighted by atomic mass is 10.1. The van der Waals surface area contributed by atoms with Crippen LogP contribution < -0.4 is 5.32 Å². The molecule has 1 aliphatic heterocycles. The molecule has 9 heteroatoms. The molecule has 1 saturated heterocycles. The van der Waals surface area contributed by atoms with E-state index in [1.54, 1.807) is 12.1 Å². The smallest absolute Gasteiger partial charge is 0.244 e. The summed E-state index contributed by atoms with van der Waals surface area (Å²) < 4.78 is 29.2. The number of benzene rings is 1. The zero-order chi connectivity index (χ0) is 21.3. The van der Waals surface area contributed by atoms with Crippen molar-refractivity contribution in [2.24, 2.45) is 7.05 Å². The van der Waals surface area contributed by atoms with Crippen LogP contribution in [0.2, 0.25) is 5.02 Å². The number of aromatic nitrogens is 2. The van der Waals surface area contributed by atoms with Crippen LogP contribution in [-0.4, -0.2) is 66.9 Å². The molecule has 0 bridgehead atoms. The number of nitrogens with one attached hydrogen (secondary N) is 1. The highest BCUT2D eigenvalue weighted by molar-refractivity contribution is 7.89. The molecule has 30 heavy (non-hydrogen) atoms. The Kier molecular flexibility index (Phi) is 6.02. The van der Waals surface area contributed by atoms with Crippen molar-refractivity contribution in [2.45, 2.75) is 11.3 Å². The largest absolute Gasteiger partial charge is 0.370 e. The van der Waals surface area contributed by atoms with E-state index in [1.165, 1.54) is 21.5 Å². The van der Waals surface area contributed by atoms with E-state index in [9.17, 15) is 8.42 Å². The Bertz CT molecular complexity index is 1140. The van der Waals surface area contributed by atoms with E-state index in [0.717, 1.165) is 30.0 Å². The average Bonchev–Trinajstić information content (AvgIpc) is 3.04. The molecule has 4 rings (SSSR count). The second kappa shape index (κ2) is 8.55. The number of piperazine rings is 1. The van der Waals surface area contributed by atoms with Crippen molar-refractivity contribution in [3.05, 3.63) is 53.3 Å². The lowest BCUT2D eigenvalue weighted by molar-refractivity contribution is 0.222. The molecular formula is C21H26ClN5O2S. The zero-order valence-corrected chi connectivity index (χ0v) is 18.7. The van der Waals surface area contributed by atoms with Crippen molar-refractivity contribution < 1.29 is 8.42 Å². The molecule has 0 atom stereocenters. The van der Waals surface area contributed by atoms with Gasteiger partial charge in [-0.2, -0.15) is 4.31 Å². The van der Waals surface area contributed by atoms with Gasteiger partial charge in [0.15, 0.2) is 0 Å². The fraction of sp³-hybridized carbons (Fsp3) is 0.381. The summed E-state index contributed by atoms with van der Waals surface area (Å²) in [4.78, 5) is 6.68. The minimum Gasteiger partial charge on any atom is -0.370 e. The molecule has 1 N–H and O–H groups in total. The minimum absolute atomic E-state index is 0.239. The molecule has 0 aliphatic carbocycles. The third-order valence-corrected chi connectivity index (χ3v) is 7.69. The number of fused-ring (bicyclic) bond motifs is 1. The quantitative estimate of drug-likeness (QED) is 0.629. The Balaban J connectivity index is 1.39. The Hall–Kier alpha value is -2.13. The molecule has 0 saturated carbocycles. The predicted octanol–water partition coefficient (Wildman–Crippen LogP) is 2.82. The summed E-state index contributed by atoms with van der Waals surface area (Å²) >= 11 is 6.10. The highest BCUT2D eigenvalue weighted by atomic mass is 35.5. The van der Waals surface area contributed by atoms with Gasteiger partial charge in [-0.25, -0.2) is 13.4 Å². The van der Waals surface area contributed by atoms with E-state index in [2.05, 4.69) is 26.0 Å². The van der Waals surface area contributed by atoms with Gasteiger partial charge in [-0.05, 0) is 43.3 Å². The molecule has 7 nitrogen and oxygen atoms in total. The minimum atomic E-state index is -3.49. The summed E-state index contributed by atoms with van der Waals surface area (Å²) in [5.74, 6) is 0.663. The Labute approximate surface area is 182 Å². The lowest BCUT2D eigenvalue weighted by Gasteiger charge is -2.31. The van der Waals surface area contributed by atoms with Crippen LogP contribution in [0.3, 0.4) is 0 Å². The van der Waals surface area contributed by atoms with Crippen LogP contribution in [0.4, 0.5) is 5.82 Å². The summed E-state index contributed by atoms with van der Waals surface area (Å²) in [6.07, 6.45) is 4.37. The summed E-state index contributed by atoms with van der Waals surface area (Å²) in [7, 11) is 0.522. The maximum atomic E-state index is 12.8. The number of hydrogen-bond donors (Lipinski definition) is 1. The van der Waals surface area contributed by atoms with Crippen molar-refractivity contribution >= 4 is 38.3 Å². The molecule has 160 valence electrons. The summed E-state index contributed by atoms with van der Waals surface area (Å²) in [5.41, 5.74) is 2.33. The summed E-state index contributed by atoms with van der Waals surface area (Å²) in [6, 6.07) is 9.27. The molecular weight excluding hydrogens is 422 g/mol. The van der Waals surface area contributed by atoms with Crippen LogP contribution >= 0.6 is 11.6 Å². The van der Waals surface area contributed by atoms with Crippen LogP contribution in [0.1, 0.15) is 5.56 Å². The second-order valence-corrected chi connectivity index (χ2v) is 10.1. The number of nitrogens with zero attached hydrogens (tertiary/aromatic N) is 4. The van der Waals surface area contributed by atoms with Crippen molar-refractivity contribution in [1.29, 1.82) is 0 Å². The van der Waals surface area contributed by atoms with Crippen molar-refractivity contribution in [3.63, 3.8) is 0 Å². The topological polar surface area (TPSA) is 70.5 Å². The molecule has 1 aromatic carbocycles. The van der Waals surface area contributed by atoms with Gasteiger partial charge in [0.1, 0.15) is 10.7 Å². The number of hydrogen-bond acceptors (Lipinski definition) is 5. The third kappa shape index (κ3) is 4.32. The normalized spacial score (nSPS) is 16.2. The number of pyridine rings is 1. The van der Waals surface area contributed by atoms with E-state index >= 15 is 0 Å². The fourth-order valence-corrected chi connectivity index (χ4v) is 5.31. The maximum Gasteiger partial charge on any atom is 0.244 e. The first-order valence-electron chi connectivity index (χ1n) is 9.97. The molecule has 0 radical (unpaired) electrons. The fourth-order valence-electron chi connectivity index (χ4n) is 3.78. The standard InChI is InChI=1S/C21H26ClN5O2S/c1-25-9-11-27(12-10-25)30(28,29)18-4-6-21(24-14-18)23-8-7-16-15-26(2)20-13-17(22)3-5-19(16)20/h3-6,13-15H,7-12H2,1-2H3,(H,23,24). The van der Waals surface area contributed by atoms with Gasteiger partial charge < -0.3 is 14.8 Å². The van der Waals surface area contributed by atoms with Gasteiger partial charge in [-0.3, -0.25) is 0 Å². The average molecular weight is 448 g/mol. The summed E-state index contributed by atoms with van der Waals surface area (Å²) in [5, 5.41) is 5.19. The molecule has 2 aromatic heterocycles. The van der Waals surface area contributed by atoms with E-state index in [0.29, 0.717) is 25.5 Å². The number of sulfonamides is 1. The van der Waals surface area contributed by atoms with Gasteiger partial charge in [0.2, 0.25) is 10.0 Å². The van der Waals surface area contributed by atoms with Crippen molar-refractivity contribution in [2.75, 3.05) is 45.1 Å². The van der Waals surface area contributed by atoms with Crippen LogP contribution in [0.15, 0.2) is 47.6 Å². The van der Waals surface area contributed by atoms with Crippen molar-refractivity contribution in [1.82, 2.24) is 18.8 Å². The first-order chi connectivity index (χ1) is 14.3. The number of anilines is 1. The number of likely N-dealkylation sites (N-methyl/N-ethyl adjacent to an activating group) is 1. The predicted molar refractivity (Wildman–Crippen MR) is 121 cm³/mol. The van der Waals surface area contributed by atoms with Gasteiger partial charge >= 0.3 is 0 Å². The van der Waals surface area contributed by atoms with Gasteiger partial charge in [-0.1, -0.05) is 17.7 Å². The zero-order valence-electron chi connectivity index (χ0n) is 17.2. The van der Waals surface area contributed by atoms with Crippen molar-refractivity contribution in [3.8, 4) is 0 Å². The highest BCUT2D eigenvalue weighted by Crippen LogP contribution is 2.24. The summed E-state index contributed by atoms with van der Waals surface area (Å²) in [6.45, 7) is 3.20. The molecule has 0 amide bonds. The van der Waals surface area contributed by atoms with Crippen LogP contribution in [-0.2, 0) is 23.5 Å². The number of aryl methyl sites for hydroxylation is 1. The van der Waals surface area contributed by atoms with E-state index in [4.69, 9.17) is 11.6 Å². The number of halogens is 1. The lowest BCUT2D eigenvalue weighted by Crippen LogP contribution is -2.47. The van der Waals surface area contributed by atoms with Crippen LogP contribution in [0.25, 0.3) is 10.9 Å². The molecule has 3 heterocycles. The molecule has 1 fully saturated rings. The van der Waals surface area contributed by atoms with E-state index in [1.807, 2.05) is 32.3 Å². The Morgan fingerprint density at radius 3 is 2.57 bits per heavy atom. The third-order valence-electron chi connectivity index (χ3n) is 5.57. The van der Waals surface area contributed by atoms with Gasteiger partial charge in [0, 0.05) is 68.1 Å². The SMILES string of the molecule is CN1CCN(S(=O)(=O)c2ccc(NCCc3cn(C)c4cc(Cl)ccc34)nc2)CC1. The van der Waals surface area contributed by atoms with Crippen LogP contribution in [0.5, 0.6) is 0 Å². The monoisotopic (exact) mass is 447 g/mol.